The number of carboxylic acid groups (broad SMARTS) is 1. The van der Waals surface area contributed by atoms with Crippen molar-refractivity contribution in [2.75, 3.05) is 4.72 Å². The van der Waals surface area contributed by atoms with Crippen LogP contribution in [0, 0.1) is 6.92 Å². The van der Waals surface area contributed by atoms with Crippen LogP contribution in [-0.4, -0.2) is 29.5 Å². The van der Waals surface area contributed by atoms with Gasteiger partial charge in [0, 0.05) is 6.07 Å². The summed E-state index contributed by atoms with van der Waals surface area (Å²) in [7, 11) is -3.98. The second-order valence-electron chi connectivity index (χ2n) is 3.83. The molecule has 0 radical (unpaired) electrons. The smallest absolute Gasteiger partial charge is 0.346 e. The molecule has 0 spiro atoms. The van der Waals surface area contributed by atoms with Crippen molar-refractivity contribution in [3.8, 4) is 0 Å². The van der Waals surface area contributed by atoms with Crippen molar-refractivity contribution in [2.24, 2.45) is 0 Å². The lowest BCUT2D eigenvalue weighted by atomic mass is 10.3. The lowest BCUT2D eigenvalue weighted by Crippen LogP contribution is -2.13. The Morgan fingerprint density at radius 3 is 2.52 bits per heavy atom. The minimum Gasteiger partial charge on any atom is -0.477 e. The van der Waals surface area contributed by atoms with Crippen molar-refractivity contribution >= 4 is 56.3 Å². The maximum Gasteiger partial charge on any atom is 0.346 e. The summed E-state index contributed by atoms with van der Waals surface area (Å²) in [6.07, 6.45) is 0. The summed E-state index contributed by atoms with van der Waals surface area (Å²) in [6.45, 7) is 1.51. The van der Waals surface area contributed by atoms with Crippen LogP contribution in [0.3, 0.4) is 0 Å². The largest absolute Gasteiger partial charge is 0.477 e. The number of anilines is 1. The van der Waals surface area contributed by atoms with Crippen molar-refractivity contribution in [1.29, 1.82) is 0 Å². The Bertz CT molecular complexity index is 799. The fraction of sp³-hybridized carbons (Fsp3) is 0.100. The zero-order valence-corrected chi connectivity index (χ0v) is 13.4. The van der Waals surface area contributed by atoms with Crippen molar-refractivity contribution in [3.63, 3.8) is 0 Å². The molecule has 0 saturated heterocycles. The van der Waals surface area contributed by atoms with E-state index in [0.29, 0.717) is 16.9 Å². The highest BCUT2D eigenvalue weighted by Crippen LogP contribution is 2.27. The third-order valence-electron chi connectivity index (χ3n) is 2.26. The lowest BCUT2D eigenvalue weighted by molar-refractivity contribution is 0.0701. The zero-order chi connectivity index (χ0) is 15.8. The number of hydrogen-bond donors (Lipinski definition) is 2. The molecule has 2 rings (SSSR count). The predicted octanol–water partition coefficient (Wildman–Crippen LogP) is 2.65. The van der Waals surface area contributed by atoms with Crippen LogP contribution < -0.4 is 4.72 Å². The Morgan fingerprint density at radius 1 is 1.33 bits per heavy atom. The first-order valence-electron chi connectivity index (χ1n) is 5.25. The number of thiophene rings is 1. The summed E-state index contributed by atoms with van der Waals surface area (Å²) in [5.41, 5.74) is 0.353. The lowest BCUT2D eigenvalue weighted by Gasteiger charge is -2.05. The second kappa shape index (κ2) is 5.76. The molecular weight excluding hydrogens is 361 g/mol. The number of carboxylic acids is 1. The van der Waals surface area contributed by atoms with Crippen LogP contribution >= 0.6 is 34.5 Å². The van der Waals surface area contributed by atoms with Crippen molar-refractivity contribution in [1.82, 2.24) is 9.97 Å². The van der Waals surface area contributed by atoms with Crippen LogP contribution in [0.15, 0.2) is 16.3 Å². The molecule has 2 aromatic heterocycles. The molecule has 2 N–H and O–H groups in total. The predicted molar refractivity (Wildman–Crippen MR) is 78.9 cm³/mol. The number of halogens is 2. The number of sulfonamides is 1. The van der Waals surface area contributed by atoms with E-state index in [2.05, 4.69) is 14.7 Å². The molecule has 0 aliphatic heterocycles. The van der Waals surface area contributed by atoms with E-state index in [0.717, 1.165) is 0 Å². The Balaban J connectivity index is 2.38. The first kappa shape index (κ1) is 16.0. The van der Waals surface area contributed by atoms with E-state index < -0.39 is 16.0 Å². The van der Waals surface area contributed by atoms with Gasteiger partial charge in [-0.05, 0) is 30.2 Å². The molecule has 11 heteroatoms. The fourth-order valence-electron chi connectivity index (χ4n) is 1.43. The highest BCUT2D eigenvalue weighted by molar-refractivity contribution is 7.94. The second-order valence-corrected chi connectivity index (χ2v) is 7.52. The Morgan fingerprint density at radius 2 is 2.00 bits per heavy atom. The minimum atomic E-state index is -3.98. The van der Waals surface area contributed by atoms with E-state index in [1.54, 1.807) is 0 Å². The molecule has 0 bridgehead atoms. The van der Waals surface area contributed by atoms with Gasteiger partial charge in [-0.25, -0.2) is 18.2 Å². The standard InChI is InChI=1S/C10H7Cl2N3O4S2/c1-4-2-7(20-8(4)9(16)17)21(18,19)15-6-3-5(11)13-10(12)14-6/h2-3H,1H3,(H,16,17)(H,13,14,15). The van der Waals surface area contributed by atoms with Gasteiger partial charge < -0.3 is 5.11 Å². The van der Waals surface area contributed by atoms with Crippen molar-refractivity contribution in [2.45, 2.75) is 11.1 Å². The summed E-state index contributed by atoms with van der Waals surface area (Å²) in [5, 5.41) is 8.71. The van der Waals surface area contributed by atoms with Crippen LogP contribution in [0.25, 0.3) is 0 Å². The fourth-order valence-corrected chi connectivity index (χ4v) is 4.21. The summed E-state index contributed by atoms with van der Waals surface area (Å²) in [5.74, 6) is -1.30. The topological polar surface area (TPSA) is 109 Å². The Kier molecular flexibility index (Phi) is 4.38. The average molecular weight is 368 g/mol. The molecule has 112 valence electrons. The molecule has 0 aliphatic rings. The minimum absolute atomic E-state index is 0.0266. The first-order chi connectivity index (χ1) is 9.69. The maximum absolute atomic E-state index is 12.2. The number of aryl methyl sites for hydroxylation is 1. The maximum atomic E-state index is 12.2. The van der Waals surface area contributed by atoms with Crippen LogP contribution in [0.4, 0.5) is 5.82 Å². The van der Waals surface area contributed by atoms with E-state index >= 15 is 0 Å². The first-order valence-corrected chi connectivity index (χ1v) is 8.31. The zero-order valence-electron chi connectivity index (χ0n) is 10.3. The monoisotopic (exact) mass is 367 g/mol. The summed E-state index contributed by atoms with van der Waals surface area (Å²) in [6, 6.07) is 2.45. The molecule has 0 aromatic carbocycles. The van der Waals surface area contributed by atoms with Crippen LogP contribution in [0.5, 0.6) is 0 Å². The number of aromatic nitrogens is 2. The molecule has 0 amide bonds. The van der Waals surface area contributed by atoms with E-state index in [1.807, 2.05) is 0 Å². The molecule has 7 nitrogen and oxygen atoms in total. The Labute approximate surface area is 133 Å². The van der Waals surface area contributed by atoms with Gasteiger partial charge in [-0.2, -0.15) is 4.98 Å². The van der Waals surface area contributed by atoms with E-state index in [1.165, 1.54) is 19.1 Å². The van der Waals surface area contributed by atoms with Crippen molar-refractivity contribution < 1.29 is 18.3 Å². The van der Waals surface area contributed by atoms with Crippen molar-refractivity contribution in [3.05, 3.63) is 33.0 Å². The quantitative estimate of drug-likeness (QED) is 0.634. The van der Waals surface area contributed by atoms with Crippen LogP contribution in [-0.2, 0) is 10.0 Å². The summed E-state index contributed by atoms with van der Waals surface area (Å²) >= 11 is 11.9. The van der Waals surface area contributed by atoms with Gasteiger partial charge in [0.1, 0.15) is 20.1 Å². The van der Waals surface area contributed by atoms with Gasteiger partial charge in [0.2, 0.25) is 5.28 Å². The highest BCUT2D eigenvalue weighted by Gasteiger charge is 2.22. The van der Waals surface area contributed by atoms with Gasteiger partial charge in [-0.15, -0.1) is 11.3 Å². The number of aromatic carboxylic acids is 1. The highest BCUT2D eigenvalue weighted by atomic mass is 35.5. The van der Waals surface area contributed by atoms with Gasteiger partial charge in [0.05, 0.1) is 0 Å². The summed E-state index contributed by atoms with van der Waals surface area (Å²) < 4.78 is 26.4. The number of nitrogens with zero attached hydrogens (tertiary/aromatic N) is 2. The van der Waals surface area contributed by atoms with Gasteiger partial charge in [0.25, 0.3) is 10.0 Å². The number of carbonyl (C=O) groups is 1. The SMILES string of the molecule is Cc1cc(S(=O)(=O)Nc2cc(Cl)nc(Cl)n2)sc1C(=O)O. The molecule has 21 heavy (non-hydrogen) atoms. The molecule has 2 heterocycles. The number of nitrogens with one attached hydrogen (secondary N) is 1. The summed E-state index contributed by atoms with van der Waals surface area (Å²) in [4.78, 5) is 18.2. The normalized spacial score (nSPS) is 11.4. The molecule has 2 aromatic rings. The van der Waals surface area contributed by atoms with Crippen LogP contribution in [0.2, 0.25) is 10.4 Å². The van der Waals surface area contributed by atoms with E-state index in [-0.39, 0.29) is 25.3 Å². The number of hydrogen-bond acceptors (Lipinski definition) is 6. The molecule has 0 saturated carbocycles. The van der Waals surface area contributed by atoms with E-state index in [9.17, 15) is 13.2 Å². The molecular formula is C10H7Cl2N3O4S2. The van der Waals surface area contributed by atoms with Gasteiger partial charge in [-0.1, -0.05) is 11.6 Å². The molecule has 0 fully saturated rings. The molecule has 0 atom stereocenters. The van der Waals surface area contributed by atoms with Gasteiger partial charge >= 0.3 is 5.97 Å². The average Bonchev–Trinajstić information content (AvgIpc) is 2.70. The van der Waals surface area contributed by atoms with E-state index in [4.69, 9.17) is 28.3 Å². The Hall–Kier alpha value is -1.42. The third kappa shape index (κ3) is 3.62. The van der Waals surface area contributed by atoms with Gasteiger partial charge in [-0.3, -0.25) is 4.72 Å². The molecule has 0 unspecified atom stereocenters. The molecule has 0 aliphatic carbocycles. The van der Waals surface area contributed by atoms with Crippen LogP contribution in [0.1, 0.15) is 15.2 Å². The van der Waals surface area contributed by atoms with Gasteiger partial charge in [0.15, 0.2) is 0 Å². The number of rotatable bonds is 4. The third-order valence-corrected chi connectivity index (χ3v) is 5.68.